The molecule has 90 valence electrons. The molecule has 0 amide bonds. The maximum Gasteiger partial charge on any atom is 0.133 e. The van der Waals surface area contributed by atoms with Gasteiger partial charge in [-0.2, -0.15) is 11.8 Å². The first-order valence-electron chi connectivity index (χ1n) is 5.48. The zero-order valence-electron chi connectivity index (χ0n) is 10.0. The molecule has 1 rings (SSSR count). The third-order valence-electron chi connectivity index (χ3n) is 2.48. The van der Waals surface area contributed by atoms with Gasteiger partial charge in [0.1, 0.15) is 5.15 Å². The van der Waals surface area contributed by atoms with E-state index in [0.717, 1.165) is 12.1 Å². The Bertz CT molecular complexity index is 320. The minimum Gasteiger partial charge on any atom is -0.310 e. The summed E-state index contributed by atoms with van der Waals surface area (Å²) >= 11 is 7.92. The normalized spacial score (nSPS) is 14.8. The van der Waals surface area contributed by atoms with Crippen molar-refractivity contribution in [2.75, 3.05) is 18.6 Å². The van der Waals surface area contributed by atoms with Crippen LogP contribution in [0.3, 0.4) is 0 Å². The molecule has 4 heteroatoms. The average Bonchev–Trinajstić information content (AvgIpc) is 2.27. The molecule has 0 saturated carbocycles. The number of pyridine rings is 1. The van der Waals surface area contributed by atoms with Gasteiger partial charge in [-0.1, -0.05) is 24.6 Å². The molecule has 2 unspecified atom stereocenters. The third kappa shape index (κ3) is 4.32. The van der Waals surface area contributed by atoms with Gasteiger partial charge in [-0.15, -0.1) is 0 Å². The summed E-state index contributed by atoms with van der Waals surface area (Å²) in [6, 6.07) is 4.20. The van der Waals surface area contributed by atoms with Crippen molar-refractivity contribution in [1.82, 2.24) is 10.3 Å². The number of aromatic nitrogens is 1. The molecule has 0 aliphatic heterocycles. The molecule has 0 aromatic carbocycles. The number of hydrogen-bond acceptors (Lipinski definition) is 3. The van der Waals surface area contributed by atoms with Gasteiger partial charge in [0.25, 0.3) is 0 Å². The summed E-state index contributed by atoms with van der Waals surface area (Å²) in [7, 11) is 0. The van der Waals surface area contributed by atoms with E-state index in [0.29, 0.717) is 11.1 Å². The van der Waals surface area contributed by atoms with Gasteiger partial charge in [0.2, 0.25) is 0 Å². The minimum absolute atomic E-state index is 0.255. The van der Waals surface area contributed by atoms with Crippen LogP contribution in [0.5, 0.6) is 0 Å². The Morgan fingerprint density at radius 2 is 2.25 bits per heavy atom. The zero-order chi connectivity index (χ0) is 12.0. The van der Waals surface area contributed by atoms with Crippen molar-refractivity contribution in [3.05, 3.63) is 29.0 Å². The van der Waals surface area contributed by atoms with Crippen LogP contribution in [0.2, 0.25) is 5.15 Å². The first-order chi connectivity index (χ1) is 7.65. The summed E-state index contributed by atoms with van der Waals surface area (Å²) in [4.78, 5) is 4.08. The lowest BCUT2D eigenvalue weighted by atomic mass is 10.1. The van der Waals surface area contributed by atoms with Gasteiger partial charge in [-0.3, -0.25) is 0 Å². The SMILES string of the molecule is CSCC(C)CNC(C)c1cccnc1Cl. The molecule has 1 aromatic rings. The van der Waals surface area contributed by atoms with Crippen molar-refractivity contribution in [3.63, 3.8) is 0 Å². The molecule has 1 heterocycles. The van der Waals surface area contributed by atoms with Crippen molar-refractivity contribution >= 4 is 23.4 Å². The van der Waals surface area contributed by atoms with Crippen LogP contribution < -0.4 is 5.32 Å². The van der Waals surface area contributed by atoms with Crippen LogP contribution >= 0.6 is 23.4 Å². The molecule has 2 atom stereocenters. The highest BCUT2D eigenvalue weighted by Gasteiger charge is 2.10. The molecule has 1 aromatic heterocycles. The number of halogens is 1. The third-order valence-corrected chi connectivity index (χ3v) is 3.70. The van der Waals surface area contributed by atoms with Crippen molar-refractivity contribution in [2.45, 2.75) is 19.9 Å². The Balaban J connectivity index is 2.46. The number of hydrogen-bond donors (Lipinski definition) is 1. The summed E-state index contributed by atoms with van der Waals surface area (Å²) in [5.41, 5.74) is 1.07. The molecule has 0 saturated heterocycles. The highest BCUT2D eigenvalue weighted by Crippen LogP contribution is 2.20. The van der Waals surface area contributed by atoms with Crippen molar-refractivity contribution in [2.24, 2.45) is 5.92 Å². The van der Waals surface area contributed by atoms with Gasteiger partial charge in [0.15, 0.2) is 0 Å². The fourth-order valence-corrected chi connectivity index (χ4v) is 2.52. The Labute approximate surface area is 107 Å². The molecule has 2 nitrogen and oxygen atoms in total. The van der Waals surface area contributed by atoms with Crippen LogP contribution in [-0.4, -0.2) is 23.5 Å². The van der Waals surface area contributed by atoms with E-state index in [2.05, 4.69) is 30.4 Å². The fourth-order valence-electron chi connectivity index (χ4n) is 1.55. The molecule has 16 heavy (non-hydrogen) atoms. The largest absolute Gasteiger partial charge is 0.310 e. The molecule has 0 spiro atoms. The van der Waals surface area contributed by atoms with E-state index in [1.807, 2.05) is 23.9 Å². The average molecular weight is 259 g/mol. The van der Waals surface area contributed by atoms with E-state index in [9.17, 15) is 0 Å². The molecule has 0 radical (unpaired) electrons. The van der Waals surface area contributed by atoms with Crippen molar-refractivity contribution < 1.29 is 0 Å². The number of nitrogens with zero attached hydrogens (tertiary/aromatic N) is 1. The highest BCUT2D eigenvalue weighted by atomic mass is 35.5. The Kier molecular flexibility index (Phi) is 6.17. The van der Waals surface area contributed by atoms with E-state index in [1.165, 1.54) is 5.75 Å². The first-order valence-corrected chi connectivity index (χ1v) is 7.25. The zero-order valence-corrected chi connectivity index (χ0v) is 11.6. The van der Waals surface area contributed by atoms with E-state index < -0.39 is 0 Å². The molecule has 0 aliphatic carbocycles. The number of nitrogens with one attached hydrogen (secondary N) is 1. The van der Waals surface area contributed by atoms with Gasteiger partial charge < -0.3 is 5.32 Å². The Morgan fingerprint density at radius 3 is 2.88 bits per heavy atom. The van der Waals surface area contributed by atoms with E-state index in [1.54, 1.807) is 6.20 Å². The second-order valence-electron chi connectivity index (χ2n) is 4.07. The summed E-state index contributed by atoms with van der Waals surface area (Å²) in [6.07, 6.45) is 3.85. The summed E-state index contributed by atoms with van der Waals surface area (Å²) in [5, 5.41) is 4.08. The lowest BCUT2D eigenvalue weighted by Gasteiger charge is -2.18. The predicted molar refractivity (Wildman–Crippen MR) is 73.2 cm³/mol. The molecule has 1 N–H and O–H groups in total. The van der Waals surface area contributed by atoms with E-state index in [-0.39, 0.29) is 6.04 Å². The van der Waals surface area contributed by atoms with E-state index in [4.69, 9.17) is 11.6 Å². The van der Waals surface area contributed by atoms with Gasteiger partial charge in [0, 0.05) is 17.8 Å². The van der Waals surface area contributed by atoms with Gasteiger partial charge in [-0.25, -0.2) is 4.98 Å². The van der Waals surface area contributed by atoms with Gasteiger partial charge >= 0.3 is 0 Å². The highest BCUT2D eigenvalue weighted by molar-refractivity contribution is 7.98. The maximum atomic E-state index is 6.04. The van der Waals surface area contributed by atoms with Gasteiger partial charge in [-0.05, 0) is 37.5 Å². The van der Waals surface area contributed by atoms with Crippen LogP contribution in [0, 0.1) is 5.92 Å². The predicted octanol–water partition coefficient (Wildman–Crippen LogP) is 3.38. The summed E-state index contributed by atoms with van der Waals surface area (Å²) in [6.45, 7) is 5.38. The second-order valence-corrected chi connectivity index (χ2v) is 5.34. The van der Waals surface area contributed by atoms with Crippen LogP contribution in [0.15, 0.2) is 18.3 Å². The molecular weight excluding hydrogens is 240 g/mol. The molecular formula is C12H19ClN2S. The van der Waals surface area contributed by atoms with Crippen LogP contribution in [0.4, 0.5) is 0 Å². The second kappa shape index (κ2) is 7.15. The molecule has 0 aliphatic rings. The monoisotopic (exact) mass is 258 g/mol. The lowest BCUT2D eigenvalue weighted by molar-refractivity contribution is 0.500. The smallest absolute Gasteiger partial charge is 0.133 e. The maximum absolute atomic E-state index is 6.04. The quantitative estimate of drug-likeness (QED) is 0.792. The van der Waals surface area contributed by atoms with Crippen LogP contribution in [0.25, 0.3) is 0 Å². The number of rotatable bonds is 6. The minimum atomic E-state index is 0.255. The van der Waals surface area contributed by atoms with Crippen LogP contribution in [0.1, 0.15) is 25.5 Å². The number of thioether (sulfide) groups is 1. The van der Waals surface area contributed by atoms with Crippen LogP contribution in [-0.2, 0) is 0 Å². The molecule has 0 bridgehead atoms. The first kappa shape index (κ1) is 13.8. The molecule has 0 fully saturated rings. The lowest BCUT2D eigenvalue weighted by Crippen LogP contribution is -2.25. The van der Waals surface area contributed by atoms with E-state index >= 15 is 0 Å². The van der Waals surface area contributed by atoms with Crippen molar-refractivity contribution in [1.29, 1.82) is 0 Å². The fraction of sp³-hybridized carbons (Fsp3) is 0.583. The topological polar surface area (TPSA) is 24.9 Å². The Morgan fingerprint density at radius 1 is 1.50 bits per heavy atom. The summed E-state index contributed by atoms with van der Waals surface area (Å²) < 4.78 is 0. The van der Waals surface area contributed by atoms with Gasteiger partial charge in [0.05, 0.1) is 0 Å². The Hall–Kier alpha value is -0.250. The summed E-state index contributed by atoms with van der Waals surface area (Å²) in [5.74, 6) is 1.86. The van der Waals surface area contributed by atoms with Crippen molar-refractivity contribution in [3.8, 4) is 0 Å². The standard InChI is InChI=1S/C12H19ClN2S/c1-9(8-16-3)7-15-10(2)11-5-4-6-14-12(11)13/h4-6,9-10,15H,7-8H2,1-3H3.